The minimum Gasteiger partial charge on any atom is -0.298 e. The molecule has 96 valence electrons. The monoisotopic (exact) mass is 250 g/mol. The summed E-state index contributed by atoms with van der Waals surface area (Å²) in [5.74, 6) is 0. The van der Waals surface area contributed by atoms with Crippen molar-refractivity contribution in [3.8, 4) is 0 Å². The van der Waals surface area contributed by atoms with Crippen LogP contribution in [0, 0.1) is 6.92 Å². The van der Waals surface area contributed by atoms with E-state index in [4.69, 9.17) is 0 Å². The maximum absolute atomic E-state index is 10.8. The second kappa shape index (κ2) is 6.14. The van der Waals surface area contributed by atoms with Crippen LogP contribution in [0.3, 0.4) is 0 Å². The third kappa shape index (κ3) is 3.65. The average Bonchev–Trinajstić information content (AvgIpc) is 2.45. The van der Waals surface area contributed by atoms with Crippen molar-refractivity contribution < 1.29 is 4.79 Å². The highest BCUT2D eigenvalue weighted by Crippen LogP contribution is 2.13. The molecule has 2 aromatic rings. The molecule has 2 rings (SSSR count). The van der Waals surface area contributed by atoms with Crippen LogP contribution in [-0.2, 0) is 6.42 Å². The van der Waals surface area contributed by atoms with Crippen LogP contribution in [0.2, 0.25) is 0 Å². The lowest BCUT2D eigenvalue weighted by molar-refractivity contribution is 0.112. The predicted octanol–water partition coefficient (Wildman–Crippen LogP) is 4.54. The van der Waals surface area contributed by atoms with E-state index < -0.39 is 0 Å². The Morgan fingerprint density at radius 2 is 1.53 bits per heavy atom. The summed E-state index contributed by atoms with van der Waals surface area (Å²) in [5, 5.41) is 0. The quantitative estimate of drug-likeness (QED) is 0.575. The highest BCUT2D eigenvalue weighted by Gasteiger charge is 1.95. The average molecular weight is 250 g/mol. The van der Waals surface area contributed by atoms with Crippen molar-refractivity contribution in [2.24, 2.45) is 0 Å². The van der Waals surface area contributed by atoms with Crippen LogP contribution in [-0.4, -0.2) is 6.29 Å². The molecule has 0 heterocycles. The molecule has 0 aliphatic heterocycles. The van der Waals surface area contributed by atoms with Gasteiger partial charge in [-0.1, -0.05) is 49.4 Å². The second-order valence-corrected chi connectivity index (χ2v) is 4.72. The van der Waals surface area contributed by atoms with Gasteiger partial charge in [0.2, 0.25) is 0 Å². The van der Waals surface area contributed by atoms with Gasteiger partial charge in [0.1, 0.15) is 6.29 Å². The molecule has 19 heavy (non-hydrogen) atoms. The van der Waals surface area contributed by atoms with E-state index in [0.717, 1.165) is 29.4 Å². The van der Waals surface area contributed by atoms with E-state index in [2.05, 4.69) is 43.3 Å². The lowest BCUT2D eigenvalue weighted by Gasteiger charge is -2.00. The zero-order valence-electron chi connectivity index (χ0n) is 11.4. The number of rotatable bonds is 4. The van der Waals surface area contributed by atoms with Crippen molar-refractivity contribution in [3.05, 3.63) is 70.3 Å². The first-order chi connectivity index (χ1) is 9.21. The number of hydrogen-bond donors (Lipinski definition) is 0. The molecule has 0 amide bonds. The van der Waals surface area contributed by atoms with Crippen molar-refractivity contribution >= 4 is 18.4 Å². The van der Waals surface area contributed by atoms with Gasteiger partial charge in [0.05, 0.1) is 0 Å². The summed E-state index contributed by atoms with van der Waals surface area (Å²) in [6, 6.07) is 14.4. The van der Waals surface area contributed by atoms with E-state index in [1.807, 2.05) is 25.1 Å². The smallest absolute Gasteiger partial charge is 0.150 e. The largest absolute Gasteiger partial charge is 0.298 e. The van der Waals surface area contributed by atoms with Gasteiger partial charge in [-0.15, -0.1) is 0 Å². The van der Waals surface area contributed by atoms with Gasteiger partial charge < -0.3 is 0 Å². The van der Waals surface area contributed by atoms with Crippen LogP contribution in [0.15, 0.2) is 42.5 Å². The van der Waals surface area contributed by atoms with Crippen molar-refractivity contribution in [2.75, 3.05) is 0 Å². The molecule has 1 nitrogen and oxygen atoms in total. The number of aldehydes is 1. The molecule has 2 aromatic carbocycles. The normalized spacial score (nSPS) is 10.8. The maximum atomic E-state index is 10.8. The number of carbonyl (C=O) groups is 1. The predicted molar refractivity (Wildman–Crippen MR) is 81.3 cm³/mol. The minimum atomic E-state index is 0.723. The van der Waals surface area contributed by atoms with E-state index in [-0.39, 0.29) is 0 Å². The first-order valence-corrected chi connectivity index (χ1v) is 6.55. The molecule has 0 bridgehead atoms. The van der Waals surface area contributed by atoms with Gasteiger partial charge in [-0.05, 0) is 47.7 Å². The lowest BCUT2D eigenvalue weighted by Crippen LogP contribution is -1.84. The molecule has 0 atom stereocenters. The maximum Gasteiger partial charge on any atom is 0.150 e. The van der Waals surface area contributed by atoms with Gasteiger partial charge >= 0.3 is 0 Å². The van der Waals surface area contributed by atoms with Gasteiger partial charge in [-0.25, -0.2) is 0 Å². The van der Waals surface area contributed by atoms with Crippen molar-refractivity contribution in [2.45, 2.75) is 20.3 Å². The molecule has 0 aliphatic carbocycles. The Bertz CT molecular complexity index is 592. The fraction of sp³-hybridized carbons (Fsp3) is 0.167. The first kappa shape index (κ1) is 13.3. The molecule has 0 spiro atoms. The number of benzene rings is 2. The Morgan fingerprint density at radius 3 is 2.16 bits per heavy atom. The number of hydrogen-bond acceptors (Lipinski definition) is 1. The fourth-order valence-electron chi connectivity index (χ4n) is 2.06. The Hall–Kier alpha value is -2.15. The van der Waals surface area contributed by atoms with E-state index in [1.54, 1.807) is 0 Å². The standard InChI is InChI=1S/C18H18O/c1-3-15-4-6-16(7-5-15)8-9-17-10-14(2)11-18(12-17)13-19/h4-13H,3H2,1-2H3. The topological polar surface area (TPSA) is 17.1 Å². The third-order valence-corrected chi connectivity index (χ3v) is 3.11. The van der Waals surface area contributed by atoms with Crippen LogP contribution < -0.4 is 0 Å². The van der Waals surface area contributed by atoms with Crippen LogP contribution in [0.25, 0.3) is 12.2 Å². The van der Waals surface area contributed by atoms with Crippen LogP contribution in [0.1, 0.15) is 39.5 Å². The molecule has 0 fully saturated rings. The summed E-state index contributed by atoms with van der Waals surface area (Å²) in [6.45, 7) is 4.15. The fourth-order valence-corrected chi connectivity index (χ4v) is 2.06. The summed E-state index contributed by atoms with van der Waals surface area (Å²) in [5.41, 5.74) is 5.40. The number of carbonyl (C=O) groups excluding carboxylic acids is 1. The van der Waals surface area contributed by atoms with Gasteiger partial charge in [0.25, 0.3) is 0 Å². The molecule has 0 aromatic heterocycles. The molecule has 0 unspecified atom stereocenters. The SMILES string of the molecule is CCc1ccc(C=Cc2cc(C)cc(C=O)c2)cc1. The summed E-state index contributed by atoms with van der Waals surface area (Å²) >= 11 is 0. The molecule has 0 aliphatic rings. The van der Waals surface area contributed by atoms with Crippen molar-refractivity contribution in [1.29, 1.82) is 0 Å². The molecule has 0 saturated heterocycles. The molecule has 0 N–H and O–H groups in total. The van der Waals surface area contributed by atoms with Gasteiger partial charge in [0, 0.05) is 5.56 Å². The molecule has 1 heteroatoms. The molecular formula is C18H18O. The summed E-state index contributed by atoms with van der Waals surface area (Å²) in [6.07, 6.45) is 6.06. The second-order valence-electron chi connectivity index (χ2n) is 4.72. The summed E-state index contributed by atoms with van der Waals surface area (Å²) < 4.78 is 0. The Kier molecular flexibility index (Phi) is 4.30. The van der Waals surface area contributed by atoms with Crippen molar-refractivity contribution in [1.82, 2.24) is 0 Å². The zero-order chi connectivity index (χ0) is 13.7. The van der Waals surface area contributed by atoms with E-state index in [1.165, 1.54) is 11.1 Å². The van der Waals surface area contributed by atoms with E-state index in [9.17, 15) is 4.79 Å². The highest BCUT2D eigenvalue weighted by molar-refractivity contribution is 5.79. The first-order valence-electron chi connectivity index (χ1n) is 6.55. The zero-order valence-corrected chi connectivity index (χ0v) is 11.4. The number of aryl methyl sites for hydroxylation is 2. The van der Waals surface area contributed by atoms with Crippen LogP contribution in [0.4, 0.5) is 0 Å². The molecule has 0 radical (unpaired) electrons. The summed E-state index contributed by atoms with van der Waals surface area (Å²) in [7, 11) is 0. The minimum absolute atomic E-state index is 0.723. The van der Waals surface area contributed by atoms with E-state index in [0.29, 0.717) is 0 Å². The van der Waals surface area contributed by atoms with Crippen LogP contribution >= 0.6 is 0 Å². The Labute approximate surface area is 114 Å². The highest BCUT2D eigenvalue weighted by atomic mass is 16.1. The van der Waals surface area contributed by atoms with Crippen molar-refractivity contribution in [3.63, 3.8) is 0 Å². The molecule has 0 saturated carbocycles. The van der Waals surface area contributed by atoms with Gasteiger partial charge in [0.15, 0.2) is 0 Å². The third-order valence-electron chi connectivity index (χ3n) is 3.11. The van der Waals surface area contributed by atoms with Crippen LogP contribution in [0.5, 0.6) is 0 Å². The molecular weight excluding hydrogens is 232 g/mol. The van der Waals surface area contributed by atoms with Gasteiger partial charge in [-0.2, -0.15) is 0 Å². The van der Waals surface area contributed by atoms with Gasteiger partial charge in [-0.3, -0.25) is 4.79 Å². The Morgan fingerprint density at radius 1 is 0.895 bits per heavy atom. The Balaban J connectivity index is 2.21. The lowest BCUT2D eigenvalue weighted by atomic mass is 10.1. The summed E-state index contributed by atoms with van der Waals surface area (Å²) in [4.78, 5) is 10.8. The van der Waals surface area contributed by atoms with E-state index >= 15 is 0 Å².